The Labute approximate surface area is 174 Å². The molecule has 0 saturated heterocycles. The number of hydrogen-bond donors (Lipinski definition) is 2. The van der Waals surface area contributed by atoms with Gasteiger partial charge < -0.3 is 11.5 Å². The molecule has 0 atom stereocenters. The second kappa shape index (κ2) is 8.05. The normalized spacial score (nSPS) is 10.5. The van der Waals surface area contributed by atoms with Gasteiger partial charge in [0.1, 0.15) is 0 Å². The largest absolute Gasteiger partial charge is 0.399 e. The molecule has 0 spiro atoms. The van der Waals surface area contributed by atoms with E-state index in [1.54, 1.807) is 60.7 Å². The summed E-state index contributed by atoms with van der Waals surface area (Å²) in [5.41, 5.74) is 15.8. The van der Waals surface area contributed by atoms with Gasteiger partial charge in [-0.05, 0) is 35.4 Å². The maximum atomic E-state index is 13.6. The molecule has 4 aromatic rings. The average Bonchev–Trinajstić information content (AvgIpc) is 2.78. The van der Waals surface area contributed by atoms with Crippen LogP contribution < -0.4 is 11.5 Å². The number of nitrogen functional groups attached to an aromatic ring is 2. The van der Waals surface area contributed by atoms with Crippen LogP contribution >= 0.6 is 0 Å². The van der Waals surface area contributed by atoms with Crippen LogP contribution in [0.1, 0.15) is 31.8 Å². The van der Waals surface area contributed by atoms with Crippen LogP contribution in [0.4, 0.5) is 11.4 Å². The number of rotatable bonds is 5. The van der Waals surface area contributed by atoms with Gasteiger partial charge in [-0.1, -0.05) is 72.8 Å². The third-order valence-corrected chi connectivity index (χ3v) is 4.92. The fourth-order valence-corrected chi connectivity index (χ4v) is 3.50. The third kappa shape index (κ3) is 3.71. The highest BCUT2D eigenvalue weighted by Crippen LogP contribution is 2.30. The van der Waals surface area contributed by atoms with Gasteiger partial charge in [0.05, 0.1) is 0 Å². The van der Waals surface area contributed by atoms with E-state index in [9.17, 15) is 9.59 Å². The zero-order chi connectivity index (χ0) is 21.1. The van der Waals surface area contributed by atoms with E-state index in [1.807, 2.05) is 36.4 Å². The minimum absolute atomic E-state index is 0.256. The van der Waals surface area contributed by atoms with Gasteiger partial charge in [-0.15, -0.1) is 0 Å². The summed E-state index contributed by atoms with van der Waals surface area (Å²) < 4.78 is 0. The molecular weight excluding hydrogens is 372 g/mol. The maximum absolute atomic E-state index is 13.6. The molecule has 0 aliphatic carbocycles. The molecule has 146 valence electrons. The number of nitrogens with two attached hydrogens (primary N) is 2. The summed E-state index contributed by atoms with van der Waals surface area (Å²) in [4.78, 5) is 27.0. The molecule has 0 aliphatic heterocycles. The van der Waals surface area contributed by atoms with Crippen molar-refractivity contribution in [3.63, 3.8) is 0 Å². The molecule has 0 saturated carbocycles. The van der Waals surface area contributed by atoms with Crippen LogP contribution in [0.3, 0.4) is 0 Å². The Morgan fingerprint density at radius 3 is 1.73 bits per heavy atom. The SMILES string of the molecule is Nc1cccc(C(=O)c2cccc(-c3ccccc3)c2C(=O)c2cccc(N)c2)c1. The van der Waals surface area contributed by atoms with E-state index in [-0.39, 0.29) is 11.6 Å². The second-order valence-electron chi connectivity index (χ2n) is 7.00. The van der Waals surface area contributed by atoms with Crippen molar-refractivity contribution in [1.29, 1.82) is 0 Å². The molecular formula is C26H20N2O2. The van der Waals surface area contributed by atoms with Crippen LogP contribution in [-0.4, -0.2) is 11.6 Å². The van der Waals surface area contributed by atoms with Crippen molar-refractivity contribution in [2.24, 2.45) is 0 Å². The van der Waals surface area contributed by atoms with Crippen molar-refractivity contribution in [3.05, 3.63) is 119 Å². The highest BCUT2D eigenvalue weighted by molar-refractivity contribution is 6.22. The Kier molecular flexibility index (Phi) is 5.14. The van der Waals surface area contributed by atoms with E-state index < -0.39 is 0 Å². The Balaban J connectivity index is 1.95. The standard InChI is InChI=1S/C26H20N2O2/c27-20-11-4-9-18(15-20)25(29)23-14-6-13-22(17-7-2-1-3-8-17)24(23)26(30)19-10-5-12-21(28)16-19/h1-16H,27-28H2. The van der Waals surface area contributed by atoms with Gasteiger partial charge in [0, 0.05) is 33.6 Å². The lowest BCUT2D eigenvalue weighted by atomic mass is 9.87. The molecule has 0 amide bonds. The van der Waals surface area contributed by atoms with Gasteiger partial charge in [0.25, 0.3) is 0 Å². The summed E-state index contributed by atoms with van der Waals surface area (Å²) in [5, 5.41) is 0. The zero-order valence-corrected chi connectivity index (χ0v) is 16.2. The van der Waals surface area contributed by atoms with Crippen molar-refractivity contribution >= 4 is 22.9 Å². The van der Waals surface area contributed by atoms with Gasteiger partial charge in [-0.25, -0.2) is 0 Å². The van der Waals surface area contributed by atoms with E-state index in [2.05, 4.69) is 0 Å². The van der Waals surface area contributed by atoms with E-state index >= 15 is 0 Å². The average molecular weight is 392 g/mol. The van der Waals surface area contributed by atoms with Crippen molar-refractivity contribution in [2.75, 3.05) is 11.5 Å². The van der Waals surface area contributed by atoms with Crippen LogP contribution in [0.5, 0.6) is 0 Å². The van der Waals surface area contributed by atoms with E-state index in [0.717, 1.165) is 5.56 Å². The van der Waals surface area contributed by atoms with Crippen molar-refractivity contribution in [3.8, 4) is 11.1 Å². The van der Waals surface area contributed by atoms with Crippen LogP contribution in [0.25, 0.3) is 11.1 Å². The first-order valence-corrected chi connectivity index (χ1v) is 9.53. The summed E-state index contributed by atoms with van der Waals surface area (Å²) in [6, 6.07) is 28.4. The molecule has 0 aromatic heterocycles. The lowest BCUT2D eigenvalue weighted by Crippen LogP contribution is -2.13. The van der Waals surface area contributed by atoms with E-state index in [4.69, 9.17) is 11.5 Å². The molecule has 4 heteroatoms. The van der Waals surface area contributed by atoms with Gasteiger partial charge in [0.15, 0.2) is 11.6 Å². The summed E-state index contributed by atoms with van der Waals surface area (Å²) in [6.07, 6.45) is 0. The number of carbonyl (C=O) groups is 2. The van der Waals surface area contributed by atoms with Crippen LogP contribution in [-0.2, 0) is 0 Å². The summed E-state index contributed by atoms with van der Waals surface area (Å²) in [5.74, 6) is -0.513. The highest BCUT2D eigenvalue weighted by Gasteiger charge is 2.23. The summed E-state index contributed by atoms with van der Waals surface area (Å²) in [6.45, 7) is 0. The molecule has 4 N–H and O–H groups in total. The first-order chi connectivity index (χ1) is 14.5. The van der Waals surface area contributed by atoms with Gasteiger partial charge >= 0.3 is 0 Å². The number of anilines is 2. The number of ketones is 2. The Morgan fingerprint density at radius 1 is 0.567 bits per heavy atom. The predicted octanol–water partition coefficient (Wildman–Crippen LogP) is 4.98. The second-order valence-corrected chi connectivity index (χ2v) is 7.00. The minimum atomic E-state index is -0.257. The highest BCUT2D eigenvalue weighted by atomic mass is 16.1. The van der Waals surface area contributed by atoms with Crippen LogP contribution in [0, 0.1) is 0 Å². The molecule has 0 bridgehead atoms. The third-order valence-electron chi connectivity index (χ3n) is 4.92. The van der Waals surface area contributed by atoms with Gasteiger partial charge in [0.2, 0.25) is 0 Å². The Hall–Kier alpha value is -4.18. The molecule has 0 aliphatic rings. The van der Waals surface area contributed by atoms with Crippen molar-refractivity contribution < 1.29 is 9.59 Å². The summed E-state index contributed by atoms with van der Waals surface area (Å²) in [7, 11) is 0. The molecule has 0 heterocycles. The van der Waals surface area contributed by atoms with Gasteiger partial charge in [-0.3, -0.25) is 9.59 Å². The maximum Gasteiger partial charge on any atom is 0.194 e. The molecule has 0 fully saturated rings. The molecule has 4 rings (SSSR count). The Morgan fingerprint density at radius 2 is 1.13 bits per heavy atom. The molecule has 4 nitrogen and oxygen atoms in total. The minimum Gasteiger partial charge on any atom is -0.399 e. The smallest absolute Gasteiger partial charge is 0.194 e. The zero-order valence-electron chi connectivity index (χ0n) is 16.2. The van der Waals surface area contributed by atoms with Crippen LogP contribution in [0.15, 0.2) is 97.1 Å². The van der Waals surface area contributed by atoms with Crippen molar-refractivity contribution in [2.45, 2.75) is 0 Å². The summed E-state index contributed by atoms with van der Waals surface area (Å²) >= 11 is 0. The monoisotopic (exact) mass is 392 g/mol. The number of hydrogen-bond acceptors (Lipinski definition) is 4. The molecule has 0 radical (unpaired) electrons. The Bertz CT molecular complexity index is 1250. The molecule has 0 unspecified atom stereocenters. The predicted molar refractivity (Wildman–Crippen MR) is 120 cm³/mol. The molecule has 4 aromatic carbocycles. The van der Waals surface area contributed by atoms with E-state index in [0.29, 0.717) is 39.2 Å². The van der Waals surface area contributed by atoms with Crippen LogP contribution in [0.2, 0.25) is 0 Å². The fraction of sp³-hybridized carbons (Fsp3) is 0. The van der Waals surface area contributed by atoms with E-state index in [1.165, 1.54) is 0 Å². The number of benzene rings is 4. The lowest BCUT2D eigenvalue weighted by Gasteiger charge is -2.15. The first-order valence-electron chi connectivity index (χ1n) is 9.53. The first kappa shape index (κ1) is 19.2. The van der Waals surface area contributed by atoms with Crippen molar-refractivity contribution in [1.82, 2.24) is 0 Å². The fourth-order valence-electron chi connectivity index (χ4n) is 3.50. The lowest BCUT2D eigenvalue weighted by molar-refractivity contribution is 0.100. The number of carbonyl (C=O) groups excluding carboxylic acids is 2. The quantitative estimate of drug-likeness (QED) is 0.370. The topological polar surface area (TPSA) is 86.2 Å². The molecule has 30 heavy (non-hydrogen) atoms. The van der Waals surface area contributed by atoms with Gasteiger partial charge in [-0.2, -0.15) is 0 Å².